The van der Waals surface area contributed by atoms with E-state index in [0.29, 0.717) is 13.2 Å². The van der Waals surface area contributed by atoms with E-state index < -0.39 is 0 Å². The van der Waals surface area contributed by atoms with Gasteiger partial charge in [0.1, 0.15) is 24.7 Å². The highest BCUT2D eigenvalue weighted by atomic mass is 32.3. The van der Waals surface area contributed by atoms with Crippen LogP contribution in [0.15, 0.2) is 102 Å². The van der Waals surface area contributed by atoms with Gasteiger partial charge in [0, 0.05) is 33.6 Å². The number of aromatic nitrogens is 2. The lowest BCUT2D eigenvalue weighted by molar-refractivity contribution is 0.304. The number of thioether (sulfide) groups is 8. The molecule has 4 heterocycles. The molecule has 0 aliphatic carbocycles. The third kappa shape index (κ3) is 7.01. The van der Waals surface area contributed by atoms with Gasteiger partial charge in [-0.3, -0.25) is 9.97 Å². The van der Waals surface area contributed by atoms with E-state index in [1.807, 2.05) is 119 Å². The second-order valence-corrected chi connectivity index (χ2v) is 19.2. The predicted octanol–water partition coefficient (Wildman–Crippen LogP) is 10.7. The molecule has 12 heteroatoms. The number of hydrogen-bond donors (Lipinski definition) is 0. The number of pyridine rings is 2. The molecule has 2 aliphatic rings. The van der Waals surface area contributed by atoms with Gasteiger partial charge in [-0.15, -0.1) is 47.0 Å². The highest BCUT2D eigenvalue weighted by molar-refractivity contribution is 8.46. The molecule has 0 radical (unpaired) electrons. The largest absolute Gasteiger partial charge is 0.487 e. The molecule has 0 atom stereocenters. The first-order valence-corrected chi connectivity index (χ1v) is 23.0. The Kier molecular flexibility index (Phi) is 11.5. The first-order valence-electron chi connectivity index (χ1n) is 14.8. The molecule has 4 nitrogen and oxygen atoms in total. The molecule has 0 saturated heterocycles. The number of ether oxygens (including phenoxy) is 2. The van der Waals surface area contributed by atoms with Crippen molar-refractivity contribution in [3.63, 3.8) is 0 Å². The maximum atomic E-state index is 6.72. The Hall–Kier alpha value is -1.90. The fourth-order valence-electron chi connectivity index (χ4n) is 5.45. The zero-order valence-corrected chi connectivity index (χ0v) is 33.0. The average Bonchev–Trinajstić information content (AvgIpc) is 3.76. The summed E-state index contributed by atoms with van der Waals surface area (Å²) in [6.45, 7) is 0.749. The number of fused-ring (bicyclic) bond motifs is 2. The lowest BCUT2D eigenvalue weighted by Crippen LogP contribution is -2.19. The monoisotopic (exact) mass is 778 g/mol. The van der Waals surface area contributed by atoms with Crippen LogP contribution in [0.2, 0.25) is 0 Å². The van der Waals surface area contributed by atoms with Crippen LogP contribution in [0.1, 0.15) is 11.4 Å². The van der Waals surface area contributed by atoms with Crippen molar-refractivity contribution in [2.75, 3.05) is 25.0 Å². The van der Waals surface area contributed by atoms with Gasteiger partial charge in [0.15, 0.2) is 0 Å². The van der Waals surface area contributed by atoms with Crippen LogP contribution in [-0.4, -0.2) is 35.0 Å². The lowest BCUT2D eigenvalue weighted by atomic mass is 9.97. The molecule has 0 bridgehead atoms. The van der Waals surface area contributed by atoms with Crippen LogP contribution in [0, 0.1) is 0 Å². The van der Waals surface area contributed by atoms with E-state index in [2.05, 4.69) is 71.4 Å². The van der Waals surface area contributed by atoms with E-state index >= 15 is 0 Å². The van der Waals surface area contributed by atoms with Crippen molar-refractivity contribution in [2.45, 2.75) is 13.2 Å². The highest BCUT2D eigenvalue weighted by Crippen LogP contribution is 2.58. The maximum Gasteiger partial charge on any atom is 0.130 e. The quantitative estimate of drug-likeness (QED) is 0.127. The van der Waals surface area contributed by atoms with Crippen molar-refractivity contribution >= 4 is 124 Å². The Morgan fingerprint density at radius 3 is 1.29 bits per heavy atom. The minimum Gasteiger partial charge on any atom is -0.487 e. The molecule has 2 aromatic heterocycles. The molecule has 0 fully saturated rings. The normalized spacial score (nSPS) is 15.0. The fourth-order valence-corrected chi connectivity index (χ4v) is 15.7. The van der Waals surface area contributed by atoms with Gasteiger partial charge in [-0.05, 0) is 72.2 Å². The van der Waals surface area contributed by atoms with Crippen molar-refractivity contribution in [3.8, 4) is 11.5 Å². The molecule has 3 aromatic carbocycles. The first kappa shape index (κ1) is 34.5. The van der Waals surface area contributed by atoms with E-state index in [4.69, 9.17) is 9.47 Å². The molecule has 48 heavy (non-hydrogen) atoms. The van der Waals surface area contributed by atoms with E-state index in [1.54, 1.807) is 23.5 Å². The summed E-state index contributed by atoms with van der Waals surface area (Å²) in [7, 11) is 0. The molecule has 0 N–H and O–H groups in total. The molecule has 7 rings (SSSR count). The van der Waals surface area contributed by atoms with E-state index in [1.165, 1.54) is 41.4 Å². The average molecular weight is 779 g/mol. The maximum absolute atomic E-state index is 6.72. The van der Waals surface area contributed by atoms with Crippen molar-refractivity contribution < 1.29 is 9.47 Å². The molecule has 0 saturated carbocycles. The summed E-state index contributed by atoms with van der Waals surface area (Å²) < 4.78 is 21.3. The fraction of sp³-hybridized carbons (Fsp3) is 0.167. The van der Waals surface area contributed by atoms with Crippen LogP contribution in [0.3, 0.4) is 0 Å². The van der Waals surface area contributed by atoms with E-state index in [0.717, 1.165) is 38.9 Å². The third-order valence-corrected chi connectivity index (χ3v) is 18.0. The molecule has 0 unspecified atom stereocenters. The SMILES string of the molecule is CSC1=C(SC)SC(=c2c3cccc(OCc4ccccn4)c3c(=C3SC(SC)=C(SC)S3)c3c(OCc4ccccn4)cccc23)S1. The third-order valence-electron chi connectivity index (χ3n) is 7.52. The number of rotatable bonds is 10. The number of nitrogens with zero attached hydrogens (tertiary/aromatic N) is 2. The summed E-state index contributed by atoms with van der Waals surface area (Å²) >= 11 is 14.7. The van der Waals surface area contributed by atoms with Crippen LogP contribution in [0.25, 0.3) is 30.0 Å². The Bertz CT molecular complexity index is 2040. The van der Waals surface area contributed by atoms with Crippen molar-refractivity contribution in [1.29, 1.82) is 0 Å². The number of benzene rings is 3. The smallest absolute Gasteiger partial charge is 0.130 e. The van der Waals surface area contributed by atoms with Gasteiger partial charge in [-0.25, -0.2) is 0 Å². The molecular formula is C36H30N2O2S8. The minimum atomic E-state index is 0.374. The molecule has 0 spiro atoms. The van der Waals surface area contributed by atoms with Crippen LogP contribution in [0.5, 0.6) is 11.5 Å². The van der Waals surface area contributed by atoms with Crippen LogP contribution >= 0.6 is 94.1 Å². The van der Waals surface area contributed by atoms with Crippen molar-refractivity contribution in [3.05, 3.63) is 124 Å². The van der Waals surface area contributed by atoms with Gasteiger partial charge in [-0.1, -0.05) is 83.4 Å². The summed E-state index contributed by atoms with van der Waals surface area (Å²) in [5.41, 5.74) is 1.78. The van der Waals surface area contributed by atoms with Crippen molar-refractivity contribution in [2.24, 2.45) is 0 Å². The van der Waals surface area contributed by atoms with E-state index in [9.17, 15) is 0 Å². The summed E-state index contributed by atoms with van der Waals surface area (Å²) in [6.07, 6.45) is 12.3. The first-order chi connectivity index (χ1) is 23.6. The van der Waals surface area contributed by atoms with Crippen LogP contribution in [-0.2, 0) is 13.2 Å². The topological polar surface area (TPSA) is 44.2 Å². The second-order valence-electron chi connectivity index (χ2n) is 10.3. The molecule has 2 aliphatic heterocycles. The summed E-state index contributed by atoms with van der Waals surface area (Å²) in [5.74, 6) is 1.68. The Morgan fingerprint density at radius 2 is 0.917 bits per heavy atom. The van der Waals surface area contributed by atoms with Crippen LogP contribution in [0.4, 0.5) is 0 Å². The zero-order valence-electron chi connectivity index (χ0n) is 26.5. The van der Waals surface area contributed by atoms with Gasteiger partial charge in [-0.2, -0.15) is 0 Å². The summed E-state index contributed by atoms with van der Waals surface area (Å²) in [5, 5.41) is 6.91. The standard InChI is InChI=1S/C36H30N2O2S8/c1-41-33-34(42-2)46-31(45-33)27-23-13-9-15-25(39-19-21-11-5-7-17-37-21)28(23)30(32-47-35(43-3)36(44-4)48-32)29-24(27)14-10-16-26(29)40-20-22-12-6-8-18-38-22/h5-18H,19-20H2,1-4H3. The predicted molar refractivity (Wildman–Crippen MR) is 223 cm³/mol. The lowest BCUT2D eigenvalue weighted by Gasteiger charge is -2.17. The second kappa shape index (κ2) is 16.0. The number of hydrogen-bond acceptors (Lipinski definition) is 12. The highest BCUT2D eigenvalue weighted by Gasteiger charge is 2.27. The van der Waals surface area contributed by atoms with Gasteiger partial charge in [0.05, 0.1) is 36.8 Å². The zero-order chi connectivity index (χ0) is 33.0. The Balaban J connectivity index is 1.57. The van der Waals surface area contributed by atoms with E-state index in [-0.39, 0.29) is 0 Å². The van der Waals surface area contributed by atoms with Crippen molar-refractivity contribution in [1.82, 2.24) is 9.97 Å². The summed E-state index contributed by atoms with van der Waals surface area (Å²) in [6, 6.07) is 24.9. The Labute approximate surface area is 314 Å². The summed E-state index contributed by atoms with van der Waals surface area (Å²) in [4.78, 5) is 9.10. The molecule has 5 aromatic rings. The molecule has 244 valence electrons. The molecular weight excluding hydrogens is 749 g/mol. The van der Waals surface area contributed by atoms with Gasteiger partial charge < -0.3 is 9.47 Å². The van der Waals surface area contributed by atoms with Crippen LogP contribution < -0.4 is 19.9 Å². The van der Waals surface area contributed by atoms with Gasteiger partial charge in [0.25, 0.3) is 0 Å². The Morgan fingerprint density at radius 1 is 0.500 bits per heavy atom. The van der Waals surface area contributed by atoms with Gasteiger partial charge in [0.2, 0.25) is 0 Å². The van der Waals surface area contributed by atoms with Gasteiger partial charge >= 0.3 is 0 Å². The molecule has 0 amide bonds. The minimum absolute atomic E-state index is 0.374.